The molecule has 0 aliphatic carbocycles. The number of methoxy groups -OCH3 is 1. The molecule has 2 aromatic rings. The van der Waals surface area contributed by atoms with Gasteiger partial charge in [-0.2, -0.15) is 5.10 Å². The molecule has 0 aromatic heterocycles. The van der Waals surface area contributed by atoms with Gasteiger partial charge >= 0.3 is 0 Å². The predicted octanol–water partition coefficient (Wildman–Crippen LogP) is 3.19. The van der Waals surface area contributed by atoms with Gasteiger partial charge in [0.15, 0.2) is 18.1 Å². The highest BCUT2D eigenvalue weighted by Crippen LogP contribution is 2.27. The molecule has 0 fully saturated rings. The summed E-state index contributed by atoms with van der Waals surface area (Å²) in [4.78, 5) is 11.9. The minimum atomic E-state index is -0.329. The van der Waals surface area contributed by atoms with Gasteiger partial charge in [0.05, 0.1) is 19.9 Å². The van der Waals surface area contributed by atoms with Crippen molar-refractivity contribution in [3.63, 3.8) is 0 Å². The number of nitrogens with zero attached hydrogens (tertiary/aromatic N) is 1. The van der Waals surface area contributed by atoms with Crippen LogP contribution in [-0.2, 0) is 11.2 Å². The zero-order chi connectivity index (χ0) is 18.8. The third-order valence-corrected chi connectivity index (χ3v) is 3.60. The summed E-state index contributed by atoms with van der Waals surface area (Å²) in [6, 6.07) is 13.1. The predicted molar refractivity (Wildman–Crippen MR) is 101 cm³/mol. The van der Waals surface area contributed by atoms with Crippen LogP contribution >= 0.6 is 0 Å². The SMILES string of the molecule is CCOc1ccc(/C=N/NC(=O)COc2ccccc2CC)cc1OC. The first-order valence-electron chi connectivity index (χ1n) is 8.51. The van der Waals surface area contributed by atoms with Gasteiger partial charge in [0.25, 0.3) is 5.91 Å². The second-order valence-corrected chi connectivity index (χ2v) is 5.39. The summed E-state index contributed by atoms with van der Waals surface area (Å²) in [5, 5.41) is 3.95. The first-order valence-corrected chi connectivity index (χ1v) is 8.51. The Labute approximate surface area is 153 Å². The fourth-order valence-electron chi connectivity index (χ4n) is 2.33. The van der Waals surface area contributed by atoms with Crippen LogP contribution in [0.3, 0.4) is 0 Å². The van der Waals surface area contributed by atoms with Gasteiger partial charge in [-0.15, -0.1) is 0 Å². The number of hydrogen-bond donors (Lipinski definition) is 1. The highest BCUT2D eigenvalue weighted by molar-refractivity contribution is 5.83. The maximum Gasteiger partial charge on any atom is 0.277 e. The smallest absolute Gasteiger partial charge is 0.277 e. The van der Waals surface area contributed by atoms with Crippen molar-refractivity contribution < 1.29 is 19.0 Å². The maximum atomic E-state index is 11.9. The number of ether oxygens (including phenoxy) is 3. The van der Waals surface area contributed by atoms with E-state index >= 15 is 0 Å². The van der Waals surface area contributed by atoms with E-state index in [1.807, 2.05) is 44.2 Å². The van der Waals surface area contributed by atoms with E-state index in [9.17, 15) is 4.79 Å². The third kappa shape index (κ3) is 5.51. The van der Waals surface area contributed by atoms with Crippen molar-refractivity contribution in [3.05, 3.63) is 53.6 Å². The molecule has 0 spiro atoms. The van der Waals surface area contributed by atoms with E-state index in [1.165, 1.54) is 6.21 Å². The molecule has 0 saturated carbocycles. The summed E-state index contributed by atoms with van der Waals surface area (Å²) in [5.74, 6) is 1.66. The van der Waals surface area contributed by atoms with Crippen molar-refractivity contribution in [1.29, 1.82) is 0 Å². The van der Waals surface area contributed by atoms with Crippen molar-refractivity contribution in [2.45, 2.75) is 20.3 Å². The second-order valence-electron chi connectivity index (χ2n) is 5.39. The average molecular weight is 356 g/mol. The highest BCUT2D eigenvalue weighted by Gasteiger charge is 2.06. The van der Waals surface area contributed by atoms with E-state index in [1.54, 1.807) is 19.2 Å². The molecule has 0 unspecified atom stereocenters. The molecule has 0 aliphatic rings. The van der Waals surface area contributed by atoms with E-state index < -0.39 is 0 Å². The summed E-state index contributed by atoms with van der Waals surface area (Å²) in [6.45, 7) is 4.41. The molecule has 1 N–H and O–H groups in total. The van der Waals surface area contributed by atoms with Crippen molar-refractivity contribution in [3.8, 4) is 17.2 Å². The Morgan fingerprint density at radius 2 is 1.88 bits per heavy atom. The Morgan fingerprint density at radius 1 is 1.08 bits per heavy atom. The Hall–Kier alpha value is -3.02. The molecular weight excluding hydrogens is 332 g/mol. The quantitative estimate of drug-likeness (QED) is 0.553. The van der Waals surface area contributed by atoms with Crippen LogP contribution in [0.15, 0.2) is 47.6 Å². The van der Waals surface area contributed by atoms with Crippen LogP contribution in [0.2, 0.25) is 0 Å². The summed E-state index contributed by atoms with van der Waals surface area (Å²) >= 11 is 0. The van der Waals surface area contributed by atoms with Crippen LogP contribution in [0.1, 0.15) is 25.0 Å². The van der Waals surface area contributed by atoms with Crippen molar-refractivity contribution in [1.82, 2.24) is 5.43 Å². The highest BCUT2D eigenvalue weighted by atomic mass is 16.5. The lowest BCUT2D eigenvalue weighted by molar-refractivity contribution is -0.123. The van der Waals surface area contributed by atoms with Gasteiger partial charge in [-0.05, 0) is 48.7 Å². The molecule has 2 rings (SSSR count). The van der Waals surface area contributed by atoms with E-state index in [0.717, 1.165) is 17.5 Å². The molecule has 0 aliphatic heterocycles. The molecule has 2 aromatic carbocycles. The first kappa shape index (κ1) is 19.3. The van der Waals surface area contributed by atoms with Gasteiger partial charge in [0.1, 0.15) is 5.75 Å². The maximum absolute atomic E-state index is 11.9. The van der Waals surface area contributed by atoms with Gasteiger partial charge in [-0.3, -0.25) is 4.79 Å². The fraction of sp³-hybridized carbons (Fsp3) is 0.300. The molecule has 0 bridgehead atoms. The molecular formula is C20H24N2O4. The Kier molecular flexibility index (Phi) is 7.49. The normalized spacial score (nSPS) is 10.6. The number of nitrogens with one attached hydrogen (secondary N) is 1. The number of carbonyl (C=O) groups is 1. The van der Waals surface area contributed by atoms with E-state index in [2.05, 4.69) is 10.5 Å². The van der Waals surface area contributed by atoms with Crippen LogP contribution in [0, 0.1) is 0 Å². The van der Waals surface area contributed by atoms with Crippen LogP contribution in [0.25, 0.3) is 0 Å². The van der Waals surface area contributed by atoms with Crippen molar-refractivity contribution in [2.75, 3.05) is 20.3 Å². The molecule has 26 heavy (non-hydrogen) atoms. The Balaban J connectivity index is 1.88. The molecule has 0 atom stereocenters. The van der Waals surface area contributed by atoms with Crippen LogP contribution in [0.4, 0.5) is 0 Å². The molecule has 6 heteroatoms. The topological polar surface area (TPSA) is 69.2 Å². The summed E-state index contributed by atoms with van der Waals surface area (Å²) in [5.41, 5.74) is 4.29. The number of carbonyl (C=O) groups excluding carboxylic acids is 1. The van der Waals surface area contributed by atoms with Gasteiger partial charge in [-0.25, -0.2) is 5.43 Å². The summed E-state index contributed by atoms with van der Waals surface area (Å²) in [7, 11) is 1.58. The standard InChI is InChI=1S/C20H24N2O4/c1-4-16-8-6-7-9-17(16)26-14-20(23)22-21-13-15-10-11-18(25-5-2)19(12-15)24-3/h6-13H,4-5,14H2,1-3H3,(H,22,23)/b21-13+. The number of rotatable bonds is 9. The van der Waals surface area contributed by atoms with Gasteiger partial charge in [-0.1, -0.05) is 25.1 Å². The number of amides is 1. The Morgan fingerprint density at radius 3 is 2.62 bits per heavy atom. The summed E-state index contributed by atoms with van der Waals surface area (Å²) in [6.07, 6.45) is 2.38. The average Bonchev–Trinajstić information content (AvgIpc) is 2.67. The van der Waals surface area contributed by atoms with Crippen LogP contribution < -0.4 is 19.6 Å². The lowest BCUT2D eigenvalue weighted by Gasteiger charge is -2.09. The number of hydrogen-bond acceptors (Lipinski definition) is 5. The zero-order valence-corrected chi connectivity index (χ0v) is 15.3. The van der Waals surface area contributed by atoms with Crippen LogP contribution in [0.5, 0.6) is 17.2 Å². The number of benzene rings is 2. The summed E-state index contributed by atoms with van der Waals surface area (Å²) < 4.78 is 16.3. The van der Waals surface area contributed by atoms with E-state index in [0.29, 0.717) is 23.9 Å². The monoisotopic (exact) mass is 356 g/mol. The number of para-hydroxylation sites is 1. The zero-order valence-electron chi connectivity index (χ0n) is 15.3. The Bertz CT molecular complexity index is 759. The van der Waals surface area contributed by atoms with Crippen molar-refractivity contribution >= 4 is 12.1 Å². The van der Waals surface area contributed by atoms with Crippen LogP contribution in [-0.4, -0.2) is 32.4 Å². The molecule has 0 radical (unpaired) electrons. The first-order chi connectivity index (χ1) is 12.7. The molecule has 0 saturated heterocycles. The lowest BCUT2D eigenvalue weighted by Crippen LogP contribution is -2.24. The molecule has 1 amide bonds. The molecule has 0 heterocycles. The molecule has 138 valence electrons. The largest absolute Gasteiger partial charge is 0.493 e. The van der Waals surface area contributed by atoms with E-state index in [4.69, 9.17) is 14.2 Å². The van der Waals surface area contributed by atoms with E-state index in [-0.39, 0.29) is 12.5 Å². The fourth-order valence-corrected chi connectivity index (χ4v) is 2.33. The third-order valence-electron chi connectivity index (χ3n) is 3.60. The second kappa shape index (κ2) is 10.1. The minimum Gasteiger partial charge on any atom is -0.493 e. The lowest BCUT2D eigenvalue weighted by atomic mass is 10.1. The number of hydrazone groups is 1. The van der Waals surface area contributed by atoms with Crippen molar-refractivity contribution in [2.24, 2.45) is 5.10 Å². The number of aryl methyl sites for hydroxylation is 1. The van der Waals surface area contributed by atoms with Gasteiger partial charge < -0.3 is 14.2 Å². The molecule has 6 nitrogen and oxygen atoms in total. The minimum absolute atomic E-state index is 0.0963. The van der Waals surface area contributed by atoms with Gasteiger partial charge in [0.2, 0.25) is 0 Å². The van der Waals surface area contributed by atoms with Gasteiger partial charge in [0, 0.05) is 0 Å².